The summed E-state index contributed by atoms with van der Waals surface area (Å²) in [6.07, 6.45) is 13.6. The first-order valence-electron chi connectivity index (χ1n) is 26.7. The first-order chi connectivity index (χ1) is 35.8. The predicted octanol–water partition coefficient (Wildman–Crippen LogP) is 7.42. The van der Waals surface area contributed by atoms with E-state index in [4.69, 9.17) is 0 Å². The summed E-state index contributed by atoms with van der Waals surface area (Å²) in [5.41, 5.74) is 8.58. The van der Waals surface area contributed by atoms with Crippen molar-refractivity contribution in [1.29, 1.82) is 0 Å². The van der Waals surface area contributed by atoms with Crippen molar-refractivity contribution in [2.24, 2.45) is 18.9 Å². The molecule has 1 aliphatic carbocycles. The largest absolute Gasteiger partial charge is 0.436 e. The molecule has 6 aromatic rings. The molecule has 384 valence electrons. The van der Waals surface area contributed by atoms with Crippen molar-refractivity contribution >= 4 is 51.2 Å². The molecular formula is C58H67FN10O5+2. The van der Waals surface area contributed by atoms with Crippen LogP contribution < -0.4 is 16.4 Å². The molecule has 11 rings (SSSR count). The molecule has 2 aromatic carbocycles. The SMILES string of the molecule is CNc1ccn(-c2ccnc3c2cc([C@H](C)[N+]2=CC=C(c4c(C)cc(C(=O)N5CCC(CN6CCN(Cc7ccc8cc(CC9CCC[N+](=O)C9=O)c(=O)n(C9CC9)c8c7)CC6)CC5)cc4F)CC2)n3C)c(=O)c1. The van der Waals surface area contributed by atoms with Gasteiger partial charge in [-0.05, 0) is 116 Å². The van der Waals surface area contributed by atoms with Crippen molar-refractivity contribution in [2.45, 2.75) is 83.8 Å². The molecule has 0 radical (unpaired) electrons. The second kappa shape index (κ2) is 20.4. The van der Waals surface area contributed by atoms with Gasteiger partial charge in [-0.15, -0.1) is 0 Å². The number of hydrogen-bond donors (Lipinski definition) is 1. The van der Waals surface area contributed by atoms with Crippen molar-refractivity contribution in [3.63, 3.8) is 0 Å². The number of likely N-dealkylation sites (tertiary alicyclic amines) is 1. The average Bonchev–Trinajstić information content (AvgIpc) is 4.19. The first kappa shape index (κ1) is 49.3. The maximum Gasteiger partial charge on any atom is 0.436 e. The number of anilines is 1. The van der Waals surface area contributed by atoms with Crippen LogP contribution in [0.5, 0.6) is 0 Å². The Morgan fingerprint density at radius 3 is 2.41 bits per heavy atom. The van der Waals surface area contributed by atoms with E-state index in [0.29, 0.717) is 72.7 Å². The zero-order valence-electron chi connectivity index (χ0n) is 43.1. The Morgan fingerprint density at radius 1 is 0.905 bits per heavy atom. The average molecular weight is 1000 g/mol. The Kier molecular flexibility index (Phi) is 13.6. The lowest BCUT2D eigenvalue weighted by molar-refractivity contribution is -0.564. The molecule has 4 aromatic heterocycles. The number of carbonyl (C=O) groups excluding carboxylic acids is 2. The summed E-state index contributed by atoms with van der Waals surface area (Å²) in [6.45, 7) is 11.9. The highest BCUT2D eigenvalue weighted by Crippen LogP contribution is 2.37. The molecule has 1 unspecified atom stereocenters. The lowest BCUT2D eigenvalue weighted by atomic mass is 9.91. The number of hydrogen-bond acceptors (Lipinski definition) is 9. The van der Waals surface area contributed by atoms with E-state index >= 15 is 4.39 Å². The summed E-state index contributed by atoms with van der Waals surface area (Å²) >= 11 is 0. The van der Waals surface area contributed by atoms with Gasteiger partial charge in [-0.3, -0.25) is 23.9 Å². The summed E-state index contributed by atoms with van der Waals surface area (Å²) in [4.78, 5) is 77.0. The van der Waals surface area contributed by atoms with E-state index in [-0.39, 0.29) is 41.5 Å². The molecule has 4 fully saturated rings. The second-order valence-corrected chi connectivity index (χ2v) is 21.5. The normalized spacial score (nSPS) is 19.8. The summed E-state index contributed by atoms with van der Waals surface area (Å²) in [5.74, 6) is -0.821. The molecule has 2 atom stereocenters. The Hall–Kier alpha value is -6.91. The van der Waals surface area contributed by atoms with E-state index in [0.717, 1.165) is 115 Å². The minimum Gasteiger partial charge on any atom is -0.388 e. The molecule has 5 aliphatic rings. The molecule has 8 heterocycles. The van der Waals surface area contributed by atoms with Gasteiger partial charge in [0, 0.05) is 149 Å². The van der Waals surface area contributed by atoms with Crippen LogP contribution in [0.3, 0.4) is 0 Å². The minimum absolute atomic E-state index is 0.0218. The Labute approximate surface area is 430 Å². The van der Waals surface area contributed by atoms with Crippen LogP contribution in [0.4, 0.5) is 10.1 Å². The third kappa shape index (κ3) is 9.69. The number of halogens is 1. The molecule has 15 nitrogen and oxygen atoms in total. The van der Waals surface area contributed by atoms with E-state index in [2.05, 4.69) is 60.4 Å². The van der Waals surface area contributed by atoms with Crippen molar-refractivity contribution in [1.82, 2.24) is 33.4 Å². The number of piperidine rings is 2. The molecule has 4 aliphatic heterocycles. The lowest BCUT2D eigenvalue weighted by Gasteiger charge is -2.39. The first-order valence-corrected chi connectivity index (χ1v) is 26.7. The lowest BCUT2D eigenvalue weighted by Crippen LogP contribution is -2.48. The van der Waals surface area contributed by atoms with E-state index in [1.807, 2.05) is 60.0 Å². The summed E-state index contributed by atoms with van der Waals surface area (Å²) in [6, 6.07) is 19.3. The standard InChI is InChI=1S/C58H66FN10O5/c1-37-28-44(32-49(59)54(37)41-14-21-65(22-15-41)38(2)51-34-48-50(11-17-61-55(48)62(51)4)67-23-16-46(60-3)33-53(67)70)56(71)66-19-12-39(13-20-66)35-63-24-26-64(27-25-63)36-40-7-8-42-30-45(31-43-6-5-18-68(74)57(43)72)58(73)69(47-9-10-47)52(42)29-40/h7-8,11,14,16-17,21,23,28-30,32-34,38-39,43,47H,5-6,9-10,12-13,15,18-20,22,24-27,31,35-36H2,1-4H3/q+1/p+1/t38-,43?/m0/s1. The zero-order chi connectivity index (χ0) is 51.4. The Morgan fingerprint density at radius 2 is 1.69 bits per heavy atom. The zero-order valence-corrected chi connectivity index (χ0v) is 43.1. The Balaban J connectivity index is 0.675. The third-order valence-corrected chi connectivity index (χ3v) is 16.7. The fraction of sp³-hybridized carbons (Fsp3) is 0.448. The summed E-state index contributed by atoms with van der Waals surface area (Å²) in [5, 5.41) is 4.91. The van der Waals surface area contributed by atoms with Crippen LogP contribution in [-0.4, -0.2) is 127 Å². The van der Waals surface area contributed by atoms with Crippen LogP contribution >= 0.6 is 0 Å². The van der Waals surface area contributed by atoms with Crippen LogP contribution in [0.2, 0.25) is 0 Å². The number of piperazine rings is 1. The number of amides is 2. The van der Waals surface area contributed by atoms with Crippen LogP contribution in [0.15, 0.2) is 88.7 Å². The van der Waals surface area contributed by atoms with Crippen molar-refractivity contribution in [3.05, 3.63) is 144 Å². The molecule has 2 amide bonds. The maximum atomic E-state index is 16.1. The van der Waals surface area contributed by atoms with Gasteiger partial charge in [0.05, 0.1) is 27.6 Å². The van der Waals surface area contributed by atoms with Gasteiger partial charge in [0.15, 0.2) is 12.3 Å². The summed E-state index contributed by atoms with van der Waals surface area (Å²) in [7, 11) is 3.78. The van der Waals surface area contributed by atoms with E-state index < -0.39 is 11.8 Å². The summed E-state index contributed by atoms with van der Waals surface area (Å²) < 4.78 is 24.6. The molecule has 0 bridgehead atoms. The number of allylic oxidation sites excluding steroid dienone is 1. The minimum atomic E-state index is -0.431. The van der Waals surface area contributed by atoms with Crippen LogP contribution in [0.1, 0.15) is 102 Å². The van der Waals surface area contributed by atoms with Gasteiger partial charge >= 0.3 is 5.91 Å². The maximum absolute atomic E-state index is 16.1. The molecule has 74 heavy (non-hydrogen) atoms. The van der Waals surface area contributed by atoms with Gasteiger partial charge in [-0.2, -0.15) is 0 Å². The number of nitrogens with zero attached hydrogens (tertiary/aromatic N) is 9. The number of carbonyl (C=O) groups is 2. The topological polar surface area (TPSA) is 141 Å². The van der Waals surface area contributed by atoms with E-state index in [1.165, 1.54) is 11.6 Å². The predicted molar refractivity (Wildman–Crippen MR) is 286 cm³/mol. The smallest absolute Gasteiger partial charge is 0.388 e. The third-order valence-electron chi connectivity index (χ3n) is 16.7. The monoisotopic (exact) mass is 1000 g/mol. The molecule has 3 saturated heterocycles. The highest BCUT2D eigenvalue weighted by atomic mass is 19.1. The van der Waals surface area contributed by atoms with Gasteiger partial charge in [-0.25, -0.2) is 18.7 Å². The van der Waals surface area contributed by atoms with Gasteiger partial charge in [0.2, 0.25) is 6.54 Å². The van der Waals surface area contributed by atoms with Gasteiger partial charge in [0.1, 0.15) is 18.0 Å². The van der Waals surface area contributed by atoms with Crippen LogP contribution in [0.25, 0.3) is 33.2 Å². The van der Waals surface area contributed by atoms with Gasteiger partial charge < -0.3 is 24.3 Å². The number of aryl methyl sites for hydroxylation is 2. The molecule has 16 heteroatoms. The highest BCUT2D eigenvalue weighted by Gasteiger charge is 2.38. The molecule has 1 saturated carbocycles. The van der Waals surface area contributed by atoms with Crippen LogP contribution in [0, 0.1) is 29.5 Å². The highest BCUT2D eigenvalue weighted by molar-refractivity contribution is 5.95. The fourth-order valence-corrected chi connectivity index (χ4v) is 12.2. The fourth-order valence-electron chi connectivity index (χ4n) is 12.2. The Bertz CT molecular complexity index is 3380. The number of nitrogens with one attached hydrogen (secondary N) is 1. The number of benzene rings is 2. The van der Waals surface area contributed by atoms with Crippen LogP contribution in [-0.2, 0) is 24.8 Å². The molecular weight excluding hydrogens is 936 g/mol. The number of pyridine rings is 3. The van der Waals surface area contributed by atoms with E-state index in [1.54, 1.807) is 30.1 Å². The molecule has 0 spiro atoms. The van der Waals surface area contributed by atoms with E-state index in [9.17, 15) is 24.1 Å². The number of nitroso groups, excluding NO2 is 1. The second-order valence-electron chi connectivity index (χ2n) is 21.5. The van der Waals surface area contributed by atoms with Crippen molar-refractivity contribution in [2.75, 3.05) is 71.3 Å². The number of fused-ring (bicyclic) bond motifs is 2. The number of rotatable bonds is 13. The van der Waals surface area contributed by atoms with Crippen molar-refractivity contribution < 1.29 is 23.3 Å². The quantitative estimate of drug-likeness (QED) is 0.117. The van der Waals surface area contributed by atoms with Gasteiger partial charge in [0.25, 0.3) is 17.0 Å². The van der Waals surface area contributed by atoms with Crippen molar-refractivity contribution in [3.8, 4) is 5.69 Å². The van der Waals surface area contributed by atoms with Gasteiger partial charge in [-0.1, -0.05) is 12.1 Å². The molecule has 1 N–H and O–H groups in total. The number of aromatic nitrogens is 4.